The van der Waals surface area contributed by atoms with E-state index in [4.69, 9.17) is 40.8 Å². The molecule has 0 saturated carbocycles. The van der Waals surface area contributed by atoms with E-state index >= 15 is 0 Å². The molecule has 1 unspecified atom stereocenters. The number of pyridine rings is 1. The molecule has 0 amide bonds. The van der Waals surface area contributed by atoms with E-state index in [1.807, 2.05) is 55.5 Å². The second-order valence-corrected chi connectivity index (χ2v) is 12.4. The summed E-state index contributed by atoms with van der Waals surface area (Å²) in [6, 6.07) is 15.4. The van der Waals surface area contributed by atoms with Crippen molar-refractivity contribution in [1.82, 2.24) is 14.5 Å². The quantitative estimate of drug-likeness (QED) is 0.175. The first-order valence-electron chi connectivity index (χ1n) is 13.8. The number of nitrogens with zero attached hydrogens (tertiary/aromatic N) is 3. The zero-order valence-electron chi connectivity index (χ0n) is 22.9. The molecule has 4 aromatic rings. The Bertz CT molecular complexity index is 1500. The Hall–Kier alpha value is -2.52. The summed E-state index contributed by atoms with van der Waals surface area (Å²) >= 11 is 6.13. The number of imidazole rings is 1. The summed E-state index contributed by atoms with van der Waals surface area (Å²) < 4.78 is 38.9. The highest BCUT2D eigenvalue weighted by Crippen LogP contribution is 2.53. The van der Waals surface area contributed by atoms with Gasteiger partial charge in [0, 0.05) is 22.9 Å². The molecule has 0 bridgehead atoms. The van der Waals surface area contributed by atoms with Crippen LogP contribution in [-0.4, -0.2) is 47.3 Å². The second kappa shape index (κ2) is 13.0. The number of hydrogen-bond acceptors (Lipinski definition) is 8. The lowest BCUT2D eigenvalue weighted by Crippen LogP contribution is -2.23. The van der Waals surface area contributed by atoms with E-state index in [0.29, 0.717) is 36.2 Å². The van der Waals surface area contributed by atoms with Gasteiger partial charge in [-0.15, -0.1) is 0 Å². The Balaban J connectivity index is 1.37. The van der Waals surface area contributed by atoms with Gasteiger partial charge in [0.15, 0.2) is 5.82 Å². The van der Waals surface area contributed by atoms with Crippen molar-refractivity contribution in [2.24, 2.45) is 0 Å². The Labute approximate surface area is 239 Å². The van der Waals surface area contributed by atoms with Gasteiger partial charge in [-0.05, 0) is 37.1 Å². The lowest BCUT2D eigenvalue weighted by atomic mass is 10.0. The van der Waals surface area contributed by atoms with Crippen LogP contribution in [0.2, 0.25) is 5.02 Å². The number of para-hydroxylation sites is 1. The van der Waals surface area contributed by atoms with Crippen molar-refractivity contribution in [3.05, 3.63) is 64.9 Å². The molecule has 3 heterocycles. The highest BCUT2D eigenvalue weighted by molar-refractivity contribution is 7.53. The predicted octanol–water partition coefficient (Wildman–Crippen LogP) is 7.09. The van der Waals surface area contributed by atoms with Crippen molar-refractivity contribution in [2.45, 2.75) is 51.7 Å². The third-order valence-corrected chi connectivity index (χ3v) is 8.96. The third-order valence-electron chi connectivity index (χ3n) is 7.14. The average molecular weight is 587 g/mol. The third kappa shape index (κ3) is 6.35. The van der Waals surface area contributed by atoms with E-state index in [2.05, 4.69) is 16.5 Å². The molecule has 1 saturated heterocycles. The van der Waals surface area contributed by atoms with Crippen LogP contribution in [0, 0.1) is 0 Å². The van der Waals surface area contributed by atoms with E-state index < -0.39 is 7.60 Å². The van der Waals surface area contributed by atoms with Crippen LogP contribution in [0.3, 0.4) is 0 Å². The number of anilines is 1. The van der Waals surface area contributed by atoms with Gasteiger partial charge in [-0.25, -0.2) is 9.97 Å². The van der Waals surface area contributed by atoms with Gasteiger partial charge in [-0.1, -0.05) is 61.7 Å². The van der Waals surface area contributed by atoms with Gasteiger partial charge in [0.2, 0.25) is 0 Å². The Morgan fingerprint density at radius 3 is 2.67 bits per heavy atom. The van der Waals surface area contributed by atoms with Crippen molar-refractivity contribution in [3.63, 3.8) is 0 Å². The van der Waals surface area contributed by atoms with E-state index in [-0.39, 0.29) is 31.5 Å². The van der Waals surface area contributed by atoms with Gasteiger partial charge in [0.1, 0.15) is 24.3 Å². The summed E-state index contributed by atoms with van der Waals surface area (Å²) in [4.78, 5) is 9.44. The molecule has 9 nitrogen and oxygen atoms in total. The van der Waals surface area contributed by atoms with Crippen LogP contribution in [0.15, 0.2) is 48.5 Å². The number of hydrogen-bond donors (Lipinski definition) is 1. The first kappa shape index (κ1) is 29.0. The largest absolute Gasteiger partial charge is 0.382 e. The van der Waals surface area contributed by atoms with Crippen LogP contribution in [0.5, 0.6) is 0 Å². The van der Waals surface area contributed by atoms with Gasteiger partial charge >= 0.3 is 7.60 Å². The van der Waals surface area contributed by atoms with Crippen molar-refractivity contribution >= 4 is 47.0 Å². The number of nitrogens with two attached hydrogens (primary N) is 1. The van der Waals surface area contributed by atoms with Crippen molar-refractivity contribution in [1.29, 1.82) is 0 Å². The minimum absolute atomic E-state index is 0.0381. The van der Waals surface area contributed by atoms with Crippen molar-refractivity contribution in [2.75, 3.05) is 38.5 Å². The molecule has 214 valence electrons. The number of aromatic nitrogens is 3. The van der Waals surface area contributed by atoms with Gasteiger partial charge in [0.25, 0.3) is 0 Å². The topological polar surface area (TPSA) is 111 Å². The first-order valence-corrected chi connectivity index (χ1v) is 15.9. The maximum atomic E-state index is 13.3. The predicted molar refractivity (Wildman–Crippen MR) is 158 cm³/mol. The molecule has 5 rings (SSSR count). The minimum atomic E-state index is -3.40. The highest BCUT2D eigenvalue weighted by Gasteiger charge is 2.34. The lowest BCUT2D eigenvalue weighted by molar-refractivity contribution is 0.0744. The molecule has 0 radical (unpaired) electrons. The van der Waals surface area contributed by atoms with E-state index in [0.717, 1.165) is 47.1 Å². The van der Waals surface area contributed by atoms with Crippen LogP contribution in [0.25, 0.3) is 21.9 Å². The van der Waals surface area contributed by atoms with Gasteiger partial charge in [0.05, 0.1) is 36.9 Å². The molecule has 2 aromatic carbocycles. The molecular formula is C29H36ClN4O5P. The number of rotatable bonds is 12. The SMILES string of the molecule is CCCCC(COCP1(=O)OCC(c2cccc(Cl)c2)CO1)n1c(COCC)nc2c(N)nc3ccccc3c21. The maximum Gasteiger partial charge on any atom is 0.356 e. The summed E-state index contributed by atoms with van der Waals surface area (Å²) in [6.07, 6.45) is 2.70. The standard InChI is InChI=1S/C29H36ClN4O5P/c1-3-5-11-23(17-37-19-40(35)38-15-21(16-39-40)20-9-8-10-22(30)14-20)34-26(18-36-4-2)33-27-28(34)24-12-6-7-13-25(24)32-29(27)31/h6-10,12-14,21,23H,3-5,11,15-19H2,1-2H3,(H2,31,32). The number of ether oxygens (including phenoxy) is 2. The van der Waals surface area contributed by atoms with Crippen LogP contribution < -0.4 is 5.73 Å². The highest BCUT2D eigenvalue weighted by atomic mass is 35.5. The van der Waals surface area contributed by atoms with Crippen LogP contribution in [0.4, 0.5) is 5.82 Å². The van der Waals surface area contributed by atoms with E-state index in [9.17, 15) is 4.57 Å². The van der Waals surface area contributed by atoms with Crippen molar-refractivity contribution in [3.8, 4) is 0 Å². The molecule has 40 heavy (non-hydrogen) atoms. The minimum Gasteiger partial charge on any atom is -0.382 e. The summed E-state index contributed by atoms with van der Waals surface area (Å²) in [5, 5.41) is 1.61. The number of nitrogen functional groups attached to an aromatic ring is 1. The Morgan fingerprint density at radius 2 is 1.93 bits per heavy atom. The van der Waals surface area contributed by atoms with E-state index in [1.54, 1.807) is 0 Å². The molecule has 11 heteroatoms. The van der Waals surface area contributed by atoms with Gasteiger partial charge in [-0.3, -0.25) is 4.57 Å². The average Bonchev–Trinajstić information content (AvgIpc) is 3.34. The van der Waals surface area contributed by atoms with Crippen molar-refractivity contribution < 1.29 is 23.1 Å². The van der Waals surface area contributed by atoms with E-state index in [1.165, 1.54) is 0 Å². The summed E-state index contributed by atoms with van der Waals surface area (Å²) in [7, 11) is -3.40. The molecule has 0 spiro atoms. The van der Waals surface area contributed by atoms with Crippen LogP contribution >= 0.6 is 19.2 Å². The van der Waals surface area contributed by atoms with Gasteiger partial charge in [-0.2, -0.15) is 0 Å². The smallest absolute Gasteiger partial charge is 0.356 e. The normalized spacial score (nSPS) is 20.3. The van der Waals surface area contributed by atoms with Gasteiger partial charge < -0.3 is 28.8 Å². The molecule has 0 aliphatic carbocycles. The summed E-state index contributed by atoms with van der Waals surface area (Å²) in [5.74, 6) is 1.10. The summed E-state index contributed by atoms with van der Waals surface area (Å²) in [6.45, 7) is 5.86. The molecule has 2 N–H and O–H groups in total. The number of benzene rings is 2. The zero-order chi connectivity index (χ0) is 28.1. The fourth-order valence-corrected chi connectivity index (χ4v) is 6.67. The molecule has 1 aliphatic rings. The fraction of sp³-hybridized carbons (Fsp3) is 0.448. The van der Waals surface area contributed by atoms with Crippen LogP contribution in [0.1, 0.15) is 56.5 Å². The molecule has 2 aromatic heterocycles. The monoisotopic (exact) mass is 586 g/mol. The maximum absolute atomic E-state index is 13.3. The molecule has 1 fully saturated rings. The zero-order valence-corrected chi connectivity index (χ0v) is 24.6. The number of fused-ring (bicyclic) bond motifs is 3. The number of halogens is 1. The molecular weight excluding hydrogens is 551 g/mol. The number of unbranched alkanes of at least 4 members (excludes halogenated alkanes) is 1. The lowest BCUT2D eigenvalue weighted by Gasteiger charge is -2.30. The van der Waals surface area contributed by atoms with Crippen LogP contribution in [-0.2, 0) is 29.7 Å². The first-order chi connectivity index (χ1) is 19.4. The Morgan fingerprint density at radius 1 is 1.12 bits per heavy atom. The molecule has 1 aliphatic heterocycles. The molecule has 1 atom stereocenters. The second-order valence-electron chi connectivity index (χ2n) is 10.00. The summed E-state index contributed by atoms with van der Waals surface area (Å²) in [5.41, 5.74) is 9.72. The Kier molecular flexibility index (Phi) is 9.41. The fourth-order valence-electron chi connectivity index (χ4n) is 5.10.